The van der Waals surface area contributed by atoms with E-state index in [2.05, 4.69) is 0 Å². The zero-order valence-electron chi connectivity index (χ0n) is 13.0. The fourth-order valence-electron chi connectivity index (χ4n) is 1.59. The molecule has 0 aliphatic rings. The molecule has 3 N–H and O–H groups in total. The molecule has 1 unspecified atom stereocenters. The van der Waals surface area contributed by atoms with Gasteiger partial charge in [-0.1, -0.05) is 6.07 Å². The highest BCUT2D eigenvalue weighted by Gasteiger charge is 2.32. The third-order valence-electron chi connectivity index (χ3n) is 3.08. The average Bonchev–Trinajstić information content (AvgIpc) is 2.45. The number of aryl methyl sites for hydroxylation is 1. The largest absolute Gasteiger partial charge is 0.479 e. The SMILES string of the molecule is CCOC(=O)c1cc(S(=O)(=O)NCC(C)(O)C(=O)O)ccc1C. The van der Waals surface area contributed by atoms with E-state index < -0.39 is 34.1 Å². The molecule has 0 radical (unpaired) electrons. The van der Waals surface area contributed by atoms with Crippen molar-refractivity contribution in [3.63, 3.8) is 0 Å². The maximum absolute atomic E-state index is 12.2. The van der Waals surface area contributed by atoms with Crippen LogP contribution in [0.2, 0.25) is 0 Å². The highest BCUT2D eigenvalue weighted by atomic mass is 32.2. The number of hydrogen-bond donors (Lipinski definition) is 3. The standard InChI is InChI=1S/C14H19NO7S/c1-4-22-12(16)11-7-10(6-5-9(11)2)23(20,21)15-8-14(3,19)13(17)18/h5-7,15,19H,4,8H2,1-3H3,(H,17,18). The molecule has 128 valence electrons. The molecule has 0 saturated heterocycles. The summed E-state index contributed by atoms with van der Waals surface area (Å²) in [5.74, 6) is -2.21. The molecule has 0 bridgehead atoms. The molecule has 9 heteroatoms. The van der Waals surface area contributed by atoms with Gasteiger partial charge in [0.2, 0.25) is 10.0 Å². The van der Waals surface area contributed by atoms with Gasteiger partial charge in [0.25, 0.3) is 0 Å². The molecule has 1 rings (SSSR count). The molecule has 1 aromatic rings. The maximum atomic E-state index is 12.2. The molecule has 1 aromatic carbocycles. The van der Waals surface area contributed by atoms with Gasteiger partial charge in [-0.05, 0) is 38.5 Å². The topological polar surface area (TPSA) is 130 Å². The zero-order chi connectivity index (χ0) is 17.8. The van der Waals surface area contributed by atoms with Crippen LogP contribution < -0.4 is 4.72 Å². The van der Waals surface area contributed by atoms with E-state index in [4.69, 9.17) is 9.84 Å². The number of rotatable bonds is 7. The second-order valence-electron chi connectivity index (χ2n) is 5.10. The van der Waals surface area contributed by atoms with Gasteiger partial charge in [-0.3, -0.25) is 0 Å². The summed E-state index contributed by atoms with van der Waals surface area (Å²) in [6.45, 7) is 3.66. The Morgan fingerprint density at radius 1 is 1.35 bits per heavy atom. The smallest absolute Gasteiger partial charge is 0.338 e. The van der Waals surface area contributed by atoms with Crippen LogP contribution in [0.5, 0.6) is 0 Å². The molecule has 8 nitrogen and oxygen atoms in total. The normalized spacial score (nSPS) is 14.1. The molecule has 0 amide bonds. The lowest BCUT2D eigenvalue weighted by Gasteiger charge is -2.18. The van der Waals surface area contributed by atoms with Crippen molar-refractivity contribution in [2.45, 2.75) is 31.3 Å². The van der Waals surface area contributed by atoms with E-state index in [0.29, 0.717) is 5.56 Å². The predicted octanol–water partition coefficient (Wildman–Crippen LogP) is 0.286. The minimum absolute atomic E-state index is 0.0970. The van der Waals surface area contributed by atoms with Crippen molar-refractivity contribution in [3.05, 3.63) is 29.3 Å². The van der Waals surface area contributed by atoms with Gasteiger partial charge in [0.1, 0.15) is 0 Å². The summed E-state index contributed by atoms with van der Waals surface area (Å²) in [6, 6.07) is 3.86. The summed E-state index contributed by atoms with van der Waals surface area (Å²) >= 11 is 0. The van der Waals surface area contributed by atoms with Gasteiger partial charge in [0.05, 0.1) is 23.6 Å². The zero-order valence-corrected chi connectivity index (χ0v) is 13.8. The predicted molar refractivity (Wildman–Crippen MR) is 80.6 cm³/mol. The Bertz CT molecular complexity index is 710. The summed E-state index contributed by atoms with van der Waals surface area (Å²) in [6.07, 6.45) is 0. The van der Waals surface area contributed by atoms with Crippen molar-refractivity contribution < 1.29 is 33.0 Å². The Hall–Kier alpha value is -1.97. The molecule has 0 aromatic heterocycles. The van der Waals surface area contributed by atoms with E-state index in [1.54, 1.807) is 13.8 Å². The van der Waals surface area contributed by atoms with E-state index in [0.717, 1.165) is 13.0 Å². The average molecular weight is 345 g/mol. The van der Waals surface area contributed by atoms with Crippen LogP contribution >= 0.6 is 0 Å². The van der Waals surface area contributed by atoms with E-state index in [9.17, 15) is 23.1 Å². The molecule has 0 aliphatic carbocycles. The minimum Gasteiger partial charge on any atom is -0.479 e. The lowest BCUT2D eigenvalue weighted by molar-refractivity contribution is -0.155. The van der Waals surface area contributed by atoms with Crippen LogP contribution in [-0.4, -0.2) is 49.3 Å². The second kappa shape index (κ2) is 7.07. The van der Waals surface area contributed by atoms with Gasteiger partial charge in [0.15, 0.2) is 5.60 Å². The number of carbonyl (C=O) groups excluding carboxylic acids is 1. The lowest BCUT2D eigenvalue weighted by Crippen LogP contribution is -2.46. The molecule has 0 saturated carbocycles. The van der Waals surface area contributed by atoms with Gasteiger partial charge in [0, 0.05) is 0 Å². The number of sulfonamides is 1. The summed E-state index contributed by atoms with van der Waals surface area (Å²) in [5, 5.41) is 18.3. The van der Waals surface area contributed by atoms with Crippen LogP contribution in [-0.2, 0) is 19.6 Å². The fourth-order valence-corrected chi connectivity index (χ4v) is 2.75. The van der Waals surface area contributed by atoms with Crippen LogP contribution in [0.3, 0.4) is 0 Å². The third kappa shape index (κ3) is 4.75. The number of carboxylic acids is 1. The highest BCUT2D eigenvalue weighted by Crippen LogP contribution is 2.17. The van der Waals surface area contributed by atoms with Gasteiger partial charge in [-0.2, -0.15) is 0 Å². The second-order valence-corrected chi connectivity index (χ2v) is 6.87. The Kier molecular flexibility index (Phi) is 5.86. The van der Waals surface area contributed by atoms with Gasteiger partial charge < -0.3 is 14.9 Å². The molecular weight excluding hydrogens is 326 g/mol. The van der Waals surface area contributed by atoms with Gasteiger partial charge in [-0.15, -0.1) is 0 Å². The monoisotopic (exact) mass is 345 g/mol. The van der Waals surface area contributed by atoms with Crippen LogP contribution in [0.1, 0.15) is 29.8 Å². The molecular formula is C14H19NO7S. The van der Waals surface area contributed by atoms with Crippen LogP contribution in [0.15, 0.2) is 23.1 Å². The summed E-state index contributed by atoms with van der Waals surface area (Å²) in [4.78, 5) is 22.4. The molecule has 0 aliphatic heterocycles. The van der Waals surface area contributed by atoms with Crippen molar-refractivity contribution in [2.24, 2.45) is 0 Å². The first-order chi connectivity index (χ1) is 10.5. The molecule has 0 fully saturated rings. The number of aliphatic carboxylic acids is 1. The highest BCUT2D eigenvalue weighted by molar-refractivity contribution is 7.89. The minimum atomic E-state index is -4.10. The number of benzene rings is 1. The third-order valence-corrected chi connectivity index (χ3v) is 4.48. The van der Waals surface area contributed by atoms with Gasteiger partial charge in [-0.25, -0.2) is 22.7 Å². The Morgan fingerprint density at radius 3 is 2.48 bits per heavy atom. The molecule has 0 heterocycles. The van der Waals surface area contributed by atoms with Crippen molar-refractivity contribution in [1.82, 2.24) is 4.72 Å². The number of esters is 1. The fraction of sp³-hybridized carbons (Fsp3) is 0.429. The summed E-state index contributed by atoms with van der Waals surface area (Å²) in [7, 11) is -4.10. The molecule has 0 spiro atoms. The first-order valence-electron chi connectivity index (χ1n) is 6.74. The Labute approximate surface area is 134 Å². The first kappa shape index (κ1) is 19.1. The van der Waals surface area contributed by atoms with Crippen LogP contribution in [0.25, 0.3) is 0 Å². The number of carboxylic acid groups (broad SMARTS) is 1. The number of hydrogen-bond acceptors (Lipinski definition) is 6. The van der Waals surface area contributed by atoms with Crippen molar-refractivity contribution in [2.75, 3.05) is 13.2 Å². The molecule has 1 atom stereocenters. The van der Waals surface area contributed by atoms with E-state index in [1.807, 2.05) is 4.72 Å². The number of ether oxygens (including phenoxy) is 1. The molecule has 23 heavy (non-hydrogen) atoms. The Morgan fingerprint density at radius 2 is 1.96 bits per heavy atom. The van der Waals surface area contributed by atoms with Crippen LogP contribution in [0, 0.1) is 6.92 Å². The summed E-state index contributed by atoms with van der Waals surface area (Å²) in [5.41, 5.74) is -1.61. The van der Waals surface area contributed by atoms with Crippen molar-refractivity contribution in [3.8, 4) is 0 Å². The quantitative estimate of drug-likeness (QED) is 0.605. The number of nitrogens with one attached hydrogen (secondary N) is 1. The number of carbonyl (C=O) groups is 2. The van der Waals surface area contributed by atoms with Crippen LogP contribution in [0.4, 0.5) is 0 Å². The van der Waals surface area contributed by atoms with Crippen molar-refractivity contribution in [1.29, 1.82) is 0 Å². The van der Waals surface area contributed by atoms with E-state index in [1.165, 1.54) is 12.1 Å². The van der Waals surface area contributed by atoms with E-state index >= 15 is 0 Å². The van der Waals surface area contributed by atoms with Crippen molar-refractivity contribution >= 4 is 22.0 Å². The number of aliphatic hydroxyl groups is 1. The Balaban J connectivity index is 3.08. The van der Waals surface area contributed by atoms with Gasteiger partial charge >= 0.3 is 11.9 Å². The first-order valence-corrected chi connectivity index (χ1v) is 8.23. The van der Waals surface area contributed by atoms with E-state index in [-0.39, 0.29) is 17.1 Å². The lowest BCUT2D eigenvalue weighted by atomic mass is 10.1. The maximum Gasteiger partial charge on any atom is 0.338 e. The summed E-state index contributed by atoms with van der Waals surface area (Å²) < 4.78 is 31.2.